The molecule has 1 aromatic heterocycles. The Kier molecular flexibility index (Phi) is 4.10. The number of imidazole rings is 1. The van der Waals surface area contributed by atoms with Gasteiger partial charge in [-0.15, -0.1) is 0 Å². The number of benzene rings is 1. The van der Waals surface area contributed by atoms with Crippen LogP contribution in [0.3, 0.4) is 0 Å². The van der Waals surface area contributed by atoms with Gasteiger partial charge >= 0.3 is 0 Å². The zero-order valence-corrected chi connectivity index (χ0v) is 12.0. The number of hydrogen-bond donors (Lipinski definition) is 1. The zero-order chi connectivity index (χ0) is 13.8. The minimum Gasteiger partial charge on any atom is -0.497 e. The molecule has 0 bridgehead atoms. The molecule has 2 rings (SSSR count). The molecule has 0 saturated heterocycles. The number of methoxy groups -OCH3 is 1. The lowest BCUT2D eigenvalue weighted by atomic mass is 10.1. The summed E-state index contributed by atoms with van der Waals surface area (Å²) in [6.07, 6.45) is 2.06. The number of hydrogen-bond acceptors (Lipinski definition) is 3. The Bertz CT molecular complexity index is 531. The normalized spacial score (nSPS) is 12.2. The number of nitrogens with zero attached hydrogens (tertiary/aromatic N) is 2. The van der Waals surface area contributed by atoms with Crippen LogP contribution in [0.5, 0.6) is 5.75 Å². The molecule has 2 aromatic rings. The summed E-state index contributed by atoms with van der Waals surface area (Å²) in [5.41, 5.74) is 2.25. The van der Waals surface area contributed by atoms with E-state index in [0.717, 1.165) is 23.9 Å². The molecule has 102 valence electrons. The van der Waals surface area contributed by atoms with Gasteiger partial charge in [0.05, 0.1) is 18.8 Å². The van der Waals surface area contributed by atoms with Crippen LogP contribution in [0.4, 0.5) is 5.95 Å². The maximum Gasteiger partial charge on any atom is 0.203 e. The van der Waals surface area contributed by atoms with Gasteiger partial charge in [-0.25, -0.2) is 4.98 Å². The Morgan fingerprint density at radius 3 is 2.58 bits per heavy atom. The molecule has 4 nitrogen and oxygen atoms in total. The molecule has 0 amide bonds. The second-order valence-corrected chi connectivity index (χ2v) is 4.63. The van der Waals surface area contributed by atoms with Crippen molar-refractivity contribution in [1.29, 1.82) is 0 Å². The standard InChI is InChI=1S/C15H21N3O/c1-5-18-10-11(2)16-15(18)17-12(3)13-6-8-14(19-4)9-7-13/h6-10,12H,5H2,1-4H3,(H,16,17). The van der Waals surface area contributed by atoms with Crippen LogP contribution < -0.4 is 10.1 Å². The highest BCUT2D eigenvalue weighted by atomic mass is 16.5. The molecular weight excluding hydrogens is 238 g/mol. The van der Waals surface area contributed by atoms with E-state index in [2.05, 4.69) is 47.0 Å². The summed E-state index contributed by atoms with van der Waals surface area (Å²) in [5, 5.41) is 3.45. The van der Waals surface area contributed by atoms with Crippen LogP contribution in [-0.4, -0.2) is 16.7 Å². The molecule has 1 unspecified atom stereocenters. The zero-order valence-electron chi connectivity index (χ0n) is 12.0. The van der Waals surface area contributed by atoms with Crippen LogP contribution in [0.2, 0.25) is 0 Å². The van der Waals surface area contributed by atoms with E-state index in [1.807, 2.05) is 19.1 Å². The summed E-state index contributed by atoms with van der Waals surface area (Å²) in [4.78, 5) is 4.51. The van der Waals surface area contributed by atoms with Gasteiger partial charge in [-0.2, -0.15) is 0 Å². The van der Waals surface area contributed by atoms with E-state index in [9.17, 15) is 0 Å². The Labute approximate surface area is 114 Å². The fourth-order valence-corrected chi connectivity index (χ4v) is 2.07. The van der Waals surface area contributed by atoms with Crippen molar-refractivity contribution in [2.24, 2.45) is 0 Å². The monoisotopic (exact) mass is 259 g/mol. The molecule has 0 saturated carbocycles. The second kappa shape index (κ2) is 5.78. The average Bonchev–Trinajstić information content (AvgIpc) is 2.78. The molecule has 1 heterocycles. The Balaban J connectivity index is 2.12. The first-order chi connectivity index (χ1) is 9.13. The van der Waals surface area contributed by atoms with Crippen molar-refractivity contribution in [3.8, 4) is 5.75 Å². The number of nitrogens with one attached hydrogen (secondary N) is 1. The predicted molar refractivity (Wildman–Crippen MR) is 77.7 cm³/mol. The minimum atomic E-state index is 0.206. The van der Waals surface area contributed by atoms with Gasteiger partial charge in [0.15, 0.2) is 0 Å². The molecule has 19 heavy (non-hydrogen) atoms. The molecule has 0 radical (unpaired) electrons. The first kappa shape index (κ1) is 13.5. The third-order valence-corrected chi connectivity index (χ3v) is 3.20. The first-order valence-corrected chi connectivity index (χ1v) is 6.58. The van der Waals surface area contributed by atoms with E-state index in [1.165, 1.54) is 5.56 Å². The van der Waals surface area contributed by atoms with E-state index >= 15 is 0 Å². The largest absolute Gasteiger partial charge is 0.497 e. The van der Waals surface area contributed by atoms with Gasteiger partial charge in [0.1, 0.15) is 5.75 Å². The topological polar surface area (TPSA) is 39.1 Å². The van der Waals surface area contributed by atoms with Gasteiger partial charge in [-0.05, 0) is 38.5 Å². The average molecular weight is 259 g/mol. The number of aryl methyl sites for hydroxylation is 2. The number of ether oxygens (including phenoxy) is 1. The van der Waals surface area contributed by atoms with Crippen molar-refractivity contribution in [2.75, 3.05) is 12.4 Å². The summed E-state index contributed by atoms with van der Waals surface area (Å²) in [5.74, 6) is 1.80. The highest BCUT2D eigenvalue weighted by Gasteiger charge is 2.10. The van der Waals surface area contributed by atoms with Gasteiger partial charge in [-0.3, -0.25) is 0 Å². The summed E-state index contributed by atoms with van der Waals surface area (Å²) >= 11 is 0. The lowest BCUT2D eigenvalue weighted by Gasteiger charge is -2.16. The van der Waals surface area contributed by atoms with Gasteiger partial charge < -0.3 is 14.6 Å². The number of rotatable bonds is 5. The van der Waals surface area contributed by atoms with E-state index in [4.69, 9.17) is 4.74 Å². The molecule has 0 spiro atoms. The number of aromatic nitrogens is 2. The smallest absolute Gasteiger partial charge is 0.203 e. The van der Waals surface area contributed by atoms with E-state index < -0.39 is 0 Å². The number of anilines is 1. The van der Waals surface area contributed by atoms with Crippen LogP contribution in [0.1, 0.15) is 31.1 Å². The molecule has 1 atom stereocenters. The third kappa shape index (κ3) is 3.08. The highest BCUT2D eigenvalue weighted by molar-refractivity contribution is 5.36. The molecule has 0 aliphatic heterocycles. The maximum absolute atomic E-state index is 5.17. The van der Waals surface area contributed by atoms with Crippen molar-refractivity contribution in [3.05, 3.63) is 41.7 Å². The van der Waals surface area contributed by atoms with Gasteiger partial charge in [0, 0.05) is 12.7 Å². The minimum absolute atomic E-state index is 0.206. The van der Waals surface area contributed by atoms with Crippen LogP contribution in [-0.2, 0) is 6.54 Å². The van der Waals surface area contributed by atoms with E-state index in [1.54, 1.807) is 7.11 Å². The van der Waals surface area contributed by atoms with E-state index in [-0.39, 0.29) is 6.04 Å². The molecule has 1 aromatic carbocycles. The molecule has 0 aliphatic rings. The predicted octanol–water partition coefficient (Wildman–Crippen LogP) is 3.39. The quantitative estimate of drug-likeness (QED) is 0.894. The lowest BCUT2D eigenvalue weighted by molar-refractivity contribution is 0.414. The molecular formula is C15H21N3O. The Hall–Kier alpha value is -1.97. The van der Waals surface area contributed by atoms with Crippen molar-refractivity contribution in [3.63, 3.8) is 0 Å². The molecule has 0 aliphatic carbocycles. The van der Waals surface area contributed by atoms with Crippen LogP contribution >= 0.6 is 0 Å². The molecule has 4 heteroatoms. The third-order valence-electron chi connectivity index (χ3n) is 3.20. The SMILES string of the molecule is CCn1cc(C)nc1NC(C)c1ccc(OC)cc1. The van der Waals surface area contributed by atoms with Gasteiger partial charge in [-0.1, -0.05) is 12.1 Å². The Morgan fingerprint density at radius 2 is 2.00 bits per heavy atom. The highest BCUT2D eigenvalue weighted by Crippen LogP contribution is 2.21. The summed E-state index contributed by atoms with van der Waals surface area (Å²) < 4.78 is 7.29. The Morgan fingerprint density at radius 1 is 1.32 bits per heavy atom. The van der Waals surface area contributed by atoms with Crippen molar-refractivity contribution in [2.45, 2.75) is 33.4 Å². The lowest BCUT2D eigenvalue weighted by Crippen LogP contribution is -2.11. The van der Waals surface area contributed by atoms with E-state index in [0.29, 0.717) is 0 Å². The van der Waals surface area contributed by atoms with Gasteiger partial charge in [0.2, 0.25) is 5.95 Å². The first-order valence-electron chi connectivity index (χ1n) is 6.58. The summed E-state index contributed by atoms with van der Waals surface area (Å²) in [6, 6.07) is 8.30. The second-order valence-electron chi connectivity index (χ2n) is 4.63. The van der Waals surface area contributed by atoms with Crippen molar-refractivity contribution < 1.29 is 4.74 Å². The van der Waals surface area contributed by atoms with Crippen LogP contribution in [0.25, 0.3) is 0 Å². The summed E-state index contributed by atoms with van der Waals surface area (Å²) in [7, 11) is 1.68. The van der Waals surface area contributed by atoms with Crippen molar-refractivity contribution in [1.82, 2.24) is 9.55 Å². The van der Waals surface area contributed by atoms with Crippen LogP contribution in [0.15, 0.2) is 30.5 Å². The fraction of sp³-hybridized carbons (Fsp3) is 0.400. The molecule has 0 fully saturated rings. The van der Waals surface area contributed by atoms with Crippen LogP contribution in [0, 0.1) is 6.92 Å². The molecule has 1 N–H and O–H groups in total. The van der Waals surface area contributed by atoms with Crippen molar-refractivity contribution >= 4 is 5.95 Å². The fourth-order valence-electron chi connectivity index (χ4n) is 2.07. The maximum atomic E-state index is 5.17. The summed E-state index contributed by atoms with van der Waals surface area (Å²) in [6.45, 7) is 7.17. The van der Waals surface area contributed by atoms with Gasteiger partial charge in [0.25, 0.3) is 0 Å².